The first-order valence-corrected chi connectivity index (χ1v) is 4.09. The maximum absolute atomic E-state index is 10.1. The third-order valence-corrected chi connectivity index (χ3v) is 1.61. The summed E-state index contributed by atoms with van der Waals surface area (Å²) in [6, 6.07) is 0. The molecule has 1 aromatic heterocycles. The highest BCUT2D eigenvalue weighted by molar-refractivity contribution is 5.53. The van der Waals surface area contributed by atoms with E-state index in [9.17, 15) is 4.79 Å². The fourth-order valence-electron chi connectivity index (χ4n) is 0.961. The van der Waals surface area contributed by atoms with Crippen LogP contribution >= 0.6 is 0 Å². The van der Waals surface area contributed by atoms with Crippen LogP contribution in [0.25, 0.3) is 0 Å². The van der Waals surface area contributed by atoms with Crippen molar-refractivity contribution in [1.82, 2.24) is 20.2 Å². The minimum absolute atomic E-state index is 0.117. The first-order valence-electron chi connectivity index (χ1n) is 4.09. The second-order valence-electron chi connectivity index (χ2n) is 2.57. The van der Waals surface area contributed by atoms with E-state index < -0.39 is 0 Å². The van der Waals surface area contributed by atoms with Gasteiger partial charge in [-0.3, -0.25) is 4.79 Å². The predicted octanol–water partition coefficient (Wildman–Crippen LogP) is -0.902. The fourth-order valence-corrected chi connectivity index (χ4v) is 0.961. The van der Waals surface area contributed by atoms with Gasteiger partial charge < -0.3 is 5.11 Å². The van der Waals surface area contributed by atoms with E-state index in [4.69, 9.17) is 5.11 Å². The number of aliphatic hydroxyl groups excluding tert-OH is 1. The van der Waals surface area contributed by atoms with Crippen LogP contribution in [0.3, 0.4) is 0 Å². The van der Waals surface area contributed by atoms with Gasteiger partial charge in [0.15, 0.2) is 5.82 Å². The number of hydrogen-bond donors (Lipinski definition) is 1. The van der Waals surface area contributed by atoms with Crippen LogP contribution in [-0.2, 0) is 17.8 Å². The Balaban J connectivity index is 2.44. The number of unbranched alkanes of at least 4 members (excludes halogenated alkanes) is 1. The third kappa shape index (κ3) is 2.90. The van der Waals surface area contributed by atoms with Crippen molar-refractivity contribution < 1.29 is 9.90 Å². The Labute approximate surface area is 75.6 Å². The molecule has 0 bridgehead atoms. The van der Waals surface area contributed by atoms with E-state index in [2.05, 4.69) is 15.5 Å². The predicted molar refractivity (Wildman–Crippen MR) is 43.5 cm³/mol. The van der Waals surface area contributed by atoms with Crippen molar-refractivity contribution in [3.05, 3.63) is 5.82 Å². The van der Waals surface area contributed by atoms with E-state index in [0.717, 1.165) is 6.42 Å². The molecule has 1 heterocycles. The number of aromatic nitrogens is 4. The average Bonchev–Trinajstić information content (AvgIpc) is 2.54. The van der Waals surface area contributed by atoms with Gasteiger partial charge in [-0.25, -0.2) is 4.68 Å². The number of rotatable bonds is 6. The lowest BCUT2D eigenvalue weighted by atomic mass is 10.3. The van der Waals surface area contributed by atoms with Gasteiger partial charge in [0.05, 0.1) is 6.42 Å². The summed E-state index contributed by atoms with van der Waals surface area (Å²) >= 11 is 0. The van der Waals surface area contributed by atoms with E-state index in [-0.39, 0.29) is 13.0 Å². The summed E-state index contributed by atoms with van der Waals surface area (Å²) in [6.07, 6.45) is 3.37. The zero-order valence-corrected chi connectivity index (χ0v) is 7.18. The lowest BCUT2D eigenvalue weighted by Crippen LogP contribution is -2.07. The largest absolute Gasteiger partial charge is 0.396 e. The molecule has 6 nitrogen and oxygen atoms in total. The van der Waals surface area contributed by atoms with Crippen LogP contribution in [0.1, 0.15) is 18.7 Å². The summed E-state index contributed by atoms with van der Waals surface area (Å²) in [5.41, 5.74) is 0. The smallest absolute Gasteiger partial charge is 0.206 e. The Morgan fingerprint density at radius 1 is 1.46 bits per heavy atom. The summed E-state index contributed by atoms with van der Waals surface area (Å²) in [7, 11) is 0. The maximum atomic E-state index is 10.1. The number of nitrogens with zero attached hydrogens (tertiary/aromatic N) is 4. The molecule has 0 atom stereocenters. The Hall–Kier alpha value is -1.30. The van der Waals surface area contributed by atoms with Crippen molar-refractivity contribution in [3.63, 3.8) is 0 Å². The van der Waals surface area contributed by atoms with Gasteiger partial charge in [-0.15, -0.1) is 5.10 Å². The summed E-state index contributed by atoms with van der Waals surface area (Å²) in [5.74, 6) is 0.521. The van der Waals surface area contributed by atoms with Crippen LogP contribution in [0.5, 0.6) is 0 Å². The van der Waals surface area contributed by atoms with Crippen molar-refractivity contribution in [2.24, 2.45) is 0 Å². The highest BCUT2D eigenvalue weighted by atomic mass is 16.2. The maximum Gasteiger partial charge on any atom is 0.206 e. The van der Waals surface area contributed by atoms with Gasteiger partial charge in [-0.05, 0) is 23.3 Å². The molecule has 1 radical (unpaired) electrons. The minimum Gasteiger partial charge on any atom is -0.396 e. The van der Waals surface area contributed by atoms with Crippen LogP contribution in [0, 0.1) is 0 Å². The highest BCUT2D eigenvalue weighted by Gasteiger charge is 2.04. The van der Waals surface area contributed by atoms with Gasteiger partial charge in [0, 0.05) is 13.2 Å². The van der Waals surface area contributed by atoms with Crippen LogP contribution in [0.2, 0.25) is 0 Å². The van der Waals surface area contributed by atoms with Crippen molar-refractivity contribution in [3.8, 4) is 0 Å². The van der Waals surface area contributed by atoms with Gasteiger partial charge >= 0.3 is 0 Å². The van der Waals surface area contributed by atoms with Crippen LogP contribution < -0.4 is 0 Å². The molecule has 0 unspecified atom stereocenters. The molecule has 0 aliphatic carbocycles. The molecule has 0 saturated heterocycles. The van der Waals surface area contributed by atoms with E-state index in [1.165, 1.54) is 0 Å². The van der Waals surface area contributed by atoms with Crippen molar-refractivity contribution >= 4 is 6.29 Å². The summed E-state index contributed by atoms with van der Waals surface area (Å²) in [4.78, 5) is 10.1. The quantitative estimate of drug-likeness (QED) is 0.578. The Bertz CT molecular complexity index is 261. The molecule has 0 saturated carbocycles. The number of hydrogen-bond acceptors (Lipinski definition) is 5. The normalized spacial score (nSPS) is 10.2. The first kappa shape index (κ1) is 9.79. The van der Waals surface area contributed by atoms with Crippen LogP contribution in [0.4, 0.5) is 0 Å². The second kappa shape index (κ2) is 5.36. The first-order chi connectivity index (χ1) is 6.38. The molecule has 1 rings (SSSR count). The molecule has 0 aliphatic heterocycles. The van der Waals surface area contributed by atoms with Gasteiger partial charge in [0.25, 0.3) is 0 Å². The second-order valence-corrected chi connectivity index (χ2v) is 2.57. The molecule has 0 spiro atoms. The Morgan fingerprint density at radius 2 is 2.31 bits per heavy atom. The summed E-state index contributed by atoms with van der Waals surface area (Å²) in [5, 5.41) is 19.3. The van der Waals surface area contributed by atoms with Gasteiger partial charge in [-0.2, -0.15) is 0 Å². The SMILES string of the molecule is O=[C]Cc1nnnn1CCCCO. The van der Waals surface area contributed by atoms with Crippen molar-refractivity contribution in [2.45, 2.75) is 25.8 Å². The van der Waals surface area contributed by atoms with E-state index in [1.807, 2.05) is 0 Å². The Morgan fingerprint density at radius 3 is 3.00 bits per heavy atom. The molecular formula is C7H11N4O2. The lowest BCUT2D eigenvalue weighted by Gasteiger charge is -2.00. The fraction of sp³-hybridized carbons (Fsp3) is 0.714. The van der Waals surface area contributed by atoms with E-state index in [1.54, 1.807) is 11.0 Å². The molecular weight excluding hydrogens is 172 g/mol. The zero-order valence-electron chi connectivity index (χ0n) is 7.18. The van der Waals surface area contributed by atoms with Crippen molar-refractivity contribution in [1.29, 1.82) is 0 Å². The summed E-state index contributed by atoms with van der Waals surface area (Å²) in [6.45, 7) is 0.793. The number of tetrazole rings is 1. The van der Waals surface area contributed by atoms with Gasteiger partial charge in [0.1, 0.15) is 0 Å². The Kier molecular flexibility index (Phi) is 4.04. The molecule has 0 amide bonds. The number of carbonyl (C=O) groups excluding carboxylic acids is 1. The van der Waals surface area contributed by atoms with Gasteiger partial charge in [0.2, 0.25) is 6.29 Å². The number of aliphatic hydroxyl groups is 1. The molecule has 71 valence electrons. The minimum atomic E-state index is 0.117. The average molecular weight is 183 g/mol. The molecule has 0 fully saturated rings. The van der Waals surface area contributed by atoms with E-state index in [0.29, 0.717) is 18.8 Å². The van der Waals surface area contributed by atoms with Crippen molar-refractivity contribution in [2.75, 3.05) is 6.61 Å². The molecule has 6 heteroatoms. The molecule has 13 heavy (non-hydrogen) atoms. The lowest BCUT2D eigenvalue weighted by molar-refractivity contribution is 0.279. The zero-order chi connectivity index (χ0) is 9.52. The monoisotopic (exact) mass is 183 g/mol. The van der Waals surface area contributed by atoms with Gasteiger partial charge in [-0.1, -0.05) is 0 Å². The topological polar surface area (TPSA) is 80.9 Å². The van der Waals surface area contributed by atoms with Crippen LogP contribution in [0.15, 0.2) is 0 Å². The molecule has 1 aromatic rings. The molecule has 1 N–H and O–H groups in total. The molecule has 0 aromatic carbocycles. The number of aryl methyl sites for hydroxylation is 1. The summed E-state index contributed by atoms with van der Waals surface area (Å²) < 4.78 is 1.56. The van der Waals surface area contributed by atoms with Crippen LogP contribution in [-0.4, -0.2) is 38.2 Å². The standard InChI is InChI=1S/C7H11N4O2/c12-5-2-1-4-11-7(3-6-13)8-9-10-11/h12H,1-5H2. The third-order valence-electron chi connectivity index (χ3n) is 1.61. The van der Waals surface area contributed by atoms with E-state index >= 15 is 0 Å². The highest BCUT2D eigenvalue weighted by Crippen LogP contribution is 1.96. The molecule has 0 aliphatic rings.